The molecule has 1 unspecified atom stereocenters. The third-order valence-corrected chi connectivity index (χ3v) is 3.32. The van der Waals surface area contributed by atoms with E-state index in [4.69, 9.17) is 33.0 Å². The van der Waals surface area contributed by atoms with E-state index in [2.05, 4.69) is 12.2 Å². The minimum atomic E-state index is -1.00. The molecule has 1 aromatic rings. The number of carboxylic acid groups (broad SMARTS) is 1. The third kappa shape index (κ3) is 6.35. The van der Waals surface area contributed by atoms with Gasteiger partial charge in [0.25, 0.3) is 0 Å². The predicted molar refractivity (Wildman–Crippen MR) is 81.0 cm³/mol. The van der Waals surface area contributed by atoms with E-state index in [0.29, 0.717) is 22.3 Å². The highest BCUT2D eigenvalue weighted by Crippen LogP contribution is 2.29. The summed E-state index contributed by atoms with van der Waals surface area (Å²) in [4.78, 5) is 10.4. The van der Waals surface area contributed by atoms with E-state index in [1.807, 2.05) is 0 Å². The molecule has 20 heavy (non-hydrogen) atoms. The number of nitrogens with one attached hydrogen (secondary N) is 1. The molecule has 0 fully saturated rings. The maximum absolute atomic E-state index is 10.4. The van der Waals surface area contributed by atoms with Gasteiger partial charge in [-0.3, -0.25) is 0 Å². The Kier molecular flexibility index (Phi) is 7.55. The molecule has 0 heterocycles. The smallest absolute Gasteiger partial charge is 0.404 e. The zero-order valence-electron chi connectivity index (χ0n) is 11.4. The first kappa shape index (κ1) is 16.9. The minimum absolute atomic E-state index is 0.00608. The molecule has 0 aliphatic rings. The van der Waals surface area contributed by atoms with Crippen molar-refractivity contribution in [2.24, 2.45) is 0 Å². The molecular weight excluding hydrogens is 301 g/mol. The van der Waals surface area contributed by atoms with Gasteiger partial charge in [-0.25, -0.2) is 4.79 Å². The largest absolute Gasteiger partial charge is 0.489 e. The molecule has 0 saturated heterocycles. The van der Waals surface area contributed by atoms with Crippen LogP contribution in [0.5, 0.6) is 5.75 Å². The Morgan fingerprint density at radius 1 is 1.40 bits per heavy atom. The van der Waals surface area contributed by atoms with Crippen LogP contribution in [0, 0.1) is 0 Å². The van der Waals surface area contributed by atoms with Crippen LogP contribution in [0.2, 0.25) is 10.0 Å². The van der Waals surface area contributed by atoms with Gasteiger partial charge in [0.15, 0.2) is 0 Å². The maximum Gasteiger partial charge on any atom is 0.404 e. The van der Waals surface area contributed by atoms with Gasteiger partial charge in [-0.15, -0.1) is 0 Å². The summed E-state index contributed by atoms with van der Waals surface area (Å²) in [5, 5.41) is 12.0. The fraction of sp³-hybridized carbons (Fsp3) is 0.500. The van der Waals surface area contributed by atoms with E-state index < -0.39 is 6.09 Å². The van der Waals surface area contributed by atoms with E-state index in [-0.39, 0.29) is 6.10 Å². The lowest BCUT2D eigenvalue weighted by Gasteiger charge is -2.19. The summed E-state index contributed by atoms with van der Waals surface area (Å²) < 4.78 is 5.88. The molecule has 1 aromatic carbocycles. The molecule has 4 nitrogen and oxygen atoms in total. The van der Waals surface area contributed by atoms with Gasteiger partial charge in [0.2, 0.25) is 0 Å². The van der Waals surface area contributed by atoms with Gasteiger partial charge >= 0.3 is 6.09 Å². The lowest BCUT2D eigenvalue weighted by atomic mass is 10.1. The third-order valence-electron chi connectivity index (χ3n) is 2.78. The van der Waals surface area contributed by atoms with Crippen molar-refractivity contribution in [3.8, 4) is 5.75 Å². The molecule has 1 rings (SSSR count). The second-order valence-corrected chi connectivity index (χ2v) is 5.32. The molecule has 0 aliphatic heterocycles. The molecule has 0 saturated carbocycles. The maximum atomic E-state index is 10.4. The average molecular weight is 320 g/mol. The summed E-state index contributed by atoms with van der Waals surface area (Å²) >= 11 is 12.0. The molecule has 0 radical (unpaired) electrons. The van der Waals surface area contributed by atoms with Crippen LogP contribution in [0.1, 0.15) is 32.6 Å². The summed E-state index contributed by atoms with van der Waals surface area (Å²) in [7, 11) is 0. The highest BCUT2D eigenvalue weighted by atomic mass is 35.5. The van der Waals surface area contributed by atoms with Crippen molar-refractivity contribution in [3.63, 3.8) is 0 Å². The summed E-state index contributed by atoms with van der Waals surface area (Å²) in [6, 6.07) is 5.11. The lowest BCUT2D eigenvalue weighted by Crippen LogP contribution is -2.24. The number of carbonyl (C=O) groups is 1. The quantitative estimate of drug-likeness (QED) is 0.689. The predicted octanol–water partition coefficient (Wildman–Crippen LogP) is 4.59. The van der Waals surface area contributed by atoms with Crippen LogP contribution in [0.3, 0.4) is 0 Å². The van der Waals surface area contributed by atoms with Crippen LogP contribution in [-0.4, -0.2) is 23.8 Å². The van der Waals surface area contributed by atoms with Gasteiger partial charge in [0.05, 0.1) is 11.1 Å². The lowest BCUT2D eigenvalue weighted by molar-refractivity contribution is 0.173. The molecule has 6 heteroatoms. The van der Waals surface area contributed by atoms with Crippen LogP contribution in [0.15, 0.2) is 18.2 Å². The second-order valence-electron chi connectivity index (χ2n) is 4.48. The Morgan fingerprint density at radius 2 is 2.15 bits per heavy atom. The Bertz CT molecular complexity index is 440. The van der Waals surface area contributed by atoms with Gasteiger partial charge in [-0.2, -0.15) is 0 Å². The number of ether oxygens (including phenoxy) is 1. The molecule has 1 atom stereocenters. The Hall–Kier alpha value is -1.13. The Labute approximate surface area is 129 Å². The van der Waals surface area contributed by atoms with Crippen molar-refractivity contribution in [3.05, 3.63) is 28.2 Å². The monoisotopic (exact) mass is 319 g/mol. The number of hydrogen-bond donors (Lipinski definition) is 2. The number of benzene rings is 1. The molecule has 0 spiro atoms. The van der Waals surface area contributed by atoms with Gasteiger partial charge in [0, 0.05) is 17.6 Å². The van der Waals surface area contributed by atoms with Crippen LogP contribution in [-0.2, 0) is 0 Å². The first-order valence-corrected chi connectivity index (χ1v) is 7.37. The van der Waals surface area contributed by atoms with E-state index in [0.717, 1.165) is 25.7 Å². The first-order valence-electron chi connectivity index (χ1n) is 6.61. The van der Waals surface area contributed by atoms with Gasteiger partial charge in [0.1, 0.15) is 5.75 Å². The molecule has 112 valence electrons. The molecule has 0 aliphatic carbocycles. The van der Waals surface area contributed by atoms with Crippen molar-refractivity contribution in [2.45, 2.75) is 38.7 Å². The van der Waals surface area contributed by atoms with Crippen molar-refractivity contribution >= 4 is 29.3 Å². The van der Waals surface area contributed by atoms with E-state index in [1.54, 1.807) is 18.2 Å². The second kappa shape index (κ2) is 8.93. The van der Waals surface area contributed by atoms with Crippen molar-refractivity contribution in [2.75, 3.05) is 6.54 Å². The standard InChI is InChI=1S/C14H19Cl2NO3/c1-2-4-11(5-3-8-17-14(18)19)20-13-9-10(15)6-7-12(13)16/h6-7,9,11,17H,2-5,8H2,1H3,(H,18,19). The topological polar surface area (TPSA) is 58.6 Å². The summed E-state index contributed by atoms with van der Waals surface area (Å²) in [6.45, 7) is 2.49. The first-order chi connectivity index (χ1) is 9.52. The normalized spacial score (nSPS) is 11.9. The molecule has 0 aromatic heterocycles. The highest BCUT2D eigenvalue weighted by Gasteiger charge is 2.12. The van der Waals surface area contributed by atoms with E-state index >= 15 is 0 Å². The van der Waals surface area contributed by atoms with Gasteiger partial charge in [-0.1, -0.05) is 36.5 Å². The van der Waals surface area contributed by atoms with Gasteiger partial charge < -0.3 is 15.2 Å². The zero-order valence-corrected chi connectivity index (χ0v) is 12.9. The van der Waals surface area contributed by atoms with E-state index in [9.17, 15) is 4.79 Å². The number of rotatable bonds is 8. The fourth-order valence-electron chi connectivity index (χ4n) is 1.86. The van der Waals surface area contributed by atoms with E-state index in [1.165, 1.54) is 0 Å². The fourth-order valence-corrected chi connectivity index (χ4v) is 2.18. The number of halogens is 2. The van der Waals surface area contributed by atoms with Crippen LogP contribution in [0.4, 0.5) is 4.79 Å². The Balaban J connectivity index is 2.53. The summed E-state index contributed by atoms with van der Waals surface area (Å²) in [6.07, 6.45) is 2.35. The summed E-state index contributed by atoms with van der Waals surface area (Å²) in [5.41, 5.74) is 0. The van der Waals surface area contributed by atoms with Gasteiger partial charge in [-0.05, 0) is 31.4 Å². The minimum Gasteiger partial charge on any atom is -0.489 e. The molecule has 0 bridgehead atoms. The molecular formula is C14H19Cl2NO3. The molecule has 1 amide bonds. The van der Waals surface area contributed by atoms with Crippen LogP contribution in [0.25, 0.3) is 0 Å². The summed E-state index contributed by atoms with van der Waals surface area (Å²) in [5.74, 6) is 0.573. The number of hydrogen-bond acceptors (Lipinski definition) is 2. The Morgan fingerprint density at radius 3 is 2.80 bits per heavy atom. The average Bonchev–Trinajstić information content (AvgIpc) is 2.39. The van der Waals surface area contributed by atoms with Crippen molar-refractivity contribution < 1.29 is 14.6 Å². The van der Waals surface area contributed by atoms with Crippen LogP contribution >= 0.6 is 23.2 Å². The molecule has 2 N–H and O–H groups in total. The highest BCUT2D eigenvalue weighted by molar-refractivity contribution is 6.34. The van der Waals surface area contributed by atoms with Crippen molar-refractivity contribution in [1.29, 1.82) is 0 Å². The zero-order chi connectivity index (χ0) is 15.0. The number of amides is 1. The SMILES string of the molecule is CCCC(CCCNC(=O)O)Oc1cc(Cl)ccc1Cl. The van der Waals surface area contributed by atoms with Crippen LogP contribution < -0.4 is 10.1 Å². The van der Waals surface area contributed by atoms with Crippen molar-refractivity contribution in [1.82, 2.24) is 5.32 Å².